The Kier molecular flexibility index (Phi) is 11.7. The predicted octanol–water partition coefficient (Wildman–Crippen LogP) is 2.71. The maximum atomic E-state index is 9.55. The van der Waals surface area contributed by atoms with E-state index in [0.29, 0.717) is 30.4 Å². The molecule has 1 rings (SSSR count). The normalized spacial score (nSPS) is 11.3. The number of nitrogens with two attached hydrogens (primary N) is 1. The molecule has 0 spiro atoms. The molecule has 10 heteroatoms. The number of rotatable bonds is 7. The van der Waals surface area contributed by atoms with Gasteiger partial charge in [0.15, 0.2) is 5.96 Å². The zero-order valence-corrected chi connectivity index (χ0v) is 16.9. The van der Waals surface area contributed by atoms with Crippen molar-refractivity contribution in [1.29, 1.82) is 5.26 Å². The van der Waals surface area contributed by atoms with E-state index in [2.05, 4.69) is 21.4 Å². The molecule has 0 aliphatic carbocycles. The van der Waals surface area contributed by atoms with Crippen LogP contribution >= 0.6 is 11.8 Å². The van der Waals surface area contributed by atoms with Crippen LogP contribution < -0.4 is 11.1 Å². The molecular formula is C18H25N5O4S. The maximum absolute atomic E-state index is 9.55. The van der Waals surface area contributed by atoms with E-state index < -0.39 is 11.9 Å². The molecule has 0 aliphatic rings. The van der Waals surface area contributed by atoms with Gasteiger partial charge >= 0.3 is 11.9 Å². The molecule has 9 nitrogen and oxygen atoms in total. The largest absolute Gasteiger partial charge is 0.478 e. The van der Waals surface area contributed by atoms with Gasteiger partial charge in [-0.05, 0) is 39.3 Å². The number of thioether (sulfide) groups is 1. The fourth-order valence-corrected chi connectivity index (χ4v) is 2.39. The van der Waals surface area contributed by atoms with Crippen molar-refractivity contribution in [2.75, 3.05) is 11.1 Å². The number of carboxylic acid groups (broad SMARTS) is 2. The molecule has 1 heterocycles. The second kappa shape index (κ2) is 13.2. The Labute approximate surface area is 168 Å². The molecule has 0 aliphatic heterocycles. The van der Waals surface area contributed by atoms with Gasteiger partial charge in [-0.3, -0.25) is 0 Å². The molecule has 5 N–H and O–H groups in total. The number of hydrogen-bond donors (Lipinski definition) is 4. The molecule has 1 aromatic rings. The van der Waals surface area contributed by atoms with Crippen molar-refractivity contribution in [2.45, 2.75) is 44.2 Å². The molecule has 152 valence electrons. The van der Waals surface area contributed by atoms with Gasteiger partial charge in [0.2, 0.25) is 0 Å². The van der Waals surface area contributed by atoms with Crippen LogP contribution in [0.4, 0.5) is 5.82 Å². The Morgan fingerprint density at radius 3 is 2.43 bits per heavy atom. The summed E-state index contributed by atoms with van der Waals surface area (Å²) in [5.74, 6) is -0.590. The van der Waals surface area contributed by atoms with Crippen LogP contribution in [0.15, 0.2) is 40.4 Å². The molecular weight excluding hydrogens is 382 g/mol. The molecule has 0 unspecified atom stereocenters. The van der Waals surface area contributed by atoms with Gasteiger partial charge in [0.25, 0.3) is 0 Å². The first-order valence-electron chi connectivity index (χ1n) is 8.26. The Balaban J connectivity index is 0.000000769. The zero-order chi connectivity index (χ0) is 21.6. The number of aliphatic imine (C=N–C) groups is 1. The molecule has 0 saturated heterocycles. The number of unbranched alkanes of at least 4 members (excludes halogenated alkanes) is 1. The van der Waals surface area contributed by atoms with E-state index in [0.717, 1.165) is 17.2 Å². The highest BCUT2D eigenvalue weighted by molar-refractivity contribution is 7.99. The van der Waals surface area contributed by atoms with Crippen molar-refractivity contribution in [2.24, 2.45) is 10.7 Å². The topological polar surface area (TPSA) is 162 Å². The van der Waals surface area contributed by atoms with E-state index in [4.69, 9.17) is 21.2 Å². The van der Waals surface area contributed by atoms with Gasteiger partial charge in [0.1, 0.15) is 5.82 Å². The third kappa shape index (κ3) is 15.2. The summed E-state index contributed by atoms with van der Waals surface area (Å²) in [5.41, 5.74) is 5.62. The van der Waals surface area contributed by atoms with Gasteiger partial charge in [-0.15, -0.1) is 11.8 Å². The number of aliphatic carboxylic acids is 2. The van der Waals surface area contributed by atoms with Crippen molar-refractivity contribution in [3.63, 3.8) is 0 Å². The van der Waals surface area contributed by atoms with Crippen molar-refractivity contribution in [1.82, 2.24) is 4.98 Å². The van der Waals surface area contributed by atoms with Crippen LogP contribution in [0.2, 0.25) is 0 Å². The minimum absolute atomic E-state index is 0.221. The zero-order valence-electron chi connectivity index (χ0n) is 16.0. The summed E-state index contributed by atoms with van der Waals surface area (Å²) in [6.07, 6.45) is 2.56. The third-order valence-electron chi connectivity index (χ3n) is 2.49. The quantitative estimate of drug-likeness (QED) is 0.175. The number of aromatic nitrogens is 1. The van der Waals surface area contributed by atoms with Crippen LogP contribution in [0, 0.1) is 11.3 Å². The van der Waals surface area contributed by atoms with Crippen LogP contribution in [-0.4, -0.2) is 44.4 Å². The summed E-state index contributed by atoms with van der Waals surface area (Å²) >= 11 is 1.63. The Morgan fingerprint density at radius 2 is 1.93 bits per heavy atom. The van der Waals surface area contributed by atoms with Crippen LogP contribution in [0.3, 0.4) is 0 Å². The minimum atomic E-state index is -1.26. The highest BCUT2D eigenvalue weighted by Crippen LogP contribution is 2.18. The Hall–Kier alpha value is -3.06. The van der Waals surface area contributed by atoms with Crippen LogP contribution in [0.25, 0.3) is 0 Å². The summed E-state index contributed by atoms with van der Waals surface area (Å²) in [5, 5.41) is 28.0. The first-order chi connectivity index (χ1) is 13.0. The van der Waals surface area contributed by atoms with Gasteiger partial charge in [0, 0.05) is 24.3 Å². The number of anilines is 1. The van der Waals surface area contributed by atoms with Crippen LogP contribution in [-0.2, 0) is 9.59 Å². The fourth-order valence-electron chi connectivity index (χ4n) is 1.56. The molecule has 0 radical (unpaired) electrons. The molecule has 0 amide bonds. The summed E-state index contributed by atoms with van der Waals surface area (Å²) in [4.78, 5) is 27.9. The number of pyridine rings is 1. The first-order valence-corrected chi connectivity index (χ1v) is 9.25. The summed E-state index contributed by atoms with van der Waals surface area (Å²) < 4.78 is 0. The molecule has 0 atom stereocenters. The number of guanidine groups is 1. The monoisotopic (exact) mass is 407 g/mol. The van der Waals surface area contributed by atoms with E-state index >= 15 is 0 Å². The number of carboxylic acids is 2. The lowest BCUT2D eigenvalue weighted by Gasteiger charge is -2.14. The average molecular weight is 407 g/mol. The number of hydrogen-bond acceptors (Lipinski definition) is 6. The van der Waals surface area contributed by atoms with E-state index in [1.165, 1.54) is 0 Å². The van der Waals surface area contributed by atoms with E-state index in [-0.39, 0.29) is 5.54 Å². The van der Waals surface area contributed by atoms with Crippen LogP contribution in [0.5, 0.6) is 0 Å². The lowest BCUT2D eigenvalue weighted by Crippen LogP contribution is -2.27. The summed E-state index contributed by atoms with van der Waals surface area (Å²) in [6, 6.07) is 7.85. The van der Waals surface area contributed by atoms with Crippen molar-refractivity contribution in [3.05, 3.63) is 30.4 Å². The minimum Gasteiger partial charge on any atom is -0.478 e. The predicted molar refractivity (Wildman–Crippen MR) is 109 cm³/mol. The summed E-state index contributed by atoms with van der Waals surface area (Å²) in [6.45, 7) is 5.95. The SMILES string of the molecule is CC(C)(C)N=C(N)Nc1cccc(SCCCC#N)n1.O=C(O)/C=C\C(=O)O. The molecule has 0 fully saturated rings. The molecule has 0 aromatic carbocycles. The number of nitriles is 1. The van der Waals surface area contributed by atoms with Crippen LogP contribution in [0.1, 0.15) is 33.6 Å². The Bertz CT molecular complexity index is 735. The lowest BCUT2D eigenvalue weighted by molar-refractivity contribution is -0.134. The molecule has 28 heavy (non-hydrogen) atoms. The second-order valence-corrected chi connectivity index (χ2v) is 7.39. The van der Waals surface area contributed by atoms with E-state index in [1.807, 2.05) is 39.0 Å². The number of carbonyl (C=O) groups is 2. The number of nitrogens with one attached hydrogen (secondary N) is 1. The van der Waals surface area contributed by atoms with E-state index in [9.17, 15) is 9.59 Å². The highest BCUT2D eigenvalue weighted by Gasteiger charge is 2.08. The highest BCUT2D eigenvalue weighted by atomic mass is 32.2. The van der Waals surface area contributed by atoms with Gasteiger partial charge in [0.05, 0.1) is 16.6 Å². The van der Waals surface area contributed by atoms with Crippen molar-refractivity contribution >= 4 is 35.5 Å². The second-order valence-electron chi connectivity index (χ2n) is 6.27. The third-order valence-corrected chi connectivity index (χ3v) is 3.50. The molecule has 0 saturated carbocycles. The molecule has 0 bridgehead atoms. The first kappa shape index (κ1) is 24.9. The van der Waals surface area contributed by atoms with Gasteiger partial charge in [-0.1, -0.05) is 6.07 Å². The van der Waals surface area contributed by atoms with Gasteiger partial charge < -0.3 is 21.3 Å². The lowest BCUT2D eigenvalue weighted by atomic mass is 10.1. The van der Waals surface area contributed by atoms with Crippen molar-refractivity contribution in [3.8, 4) is 6.07 Å². The average Bonchev–Trinajstić information content (AvgIpc) is 2.56. The number of nitrogens with zero attached hydrogens (tertiary/aromatic N) is 3. The van der Waals surface area contributed by atoms with Gasteiger partial charge in [-0.25, -0.2) is 19.6 Å². The van der Waals surface area contributed by atoms with Crippen molar-refractivity contribution < 1.29 is 19.8 Å². The summed E-state index contributed by atoms with van der Waals surface area (Å²) in [7, 11) is 0. The Morgan fingerprint density at radius 1 is 1.32 bits per heavy atom. The standard InChI is InChI=1S/C14H21N5S.C4H4O4/c1-14(2,3)19-13(16)18-11-7-6-8-12(17-11)20-10-5-4-9-15;5-3(6)1-2-4(7)8/h6-8H,4-5,10H2,1-3H3,(H3,16,17,18,19);1-2H,(H,5,6)(H,7,8)/b;2-1-. The molecule has 1 aromatic heterocycles. The fraction of sp³-hybridized carbons (Fsp3) is 0.389. The van der Waals surface area contributed by atoms with Gasteiger partial charge in [-0.2, -0.15) is 5.26 Å². The smallest absolute Gasteiger partial charge is 0.328 e. The van der Waals surface area contributed by atoms with E-state index in [1.54, 1.807) is 11.8 Å². The maximum Gasteiger partial charge on any atom is 0.328 e.